The first-order valence-corrected chi connectivity index (χ1v) is 20.4. The third kappa shape index (κ3) is 4.63. The molecule has 0 atom stereocenters. The summed E-state index contributed by atoms with van der Waals surface area (Å²) < 4.78 is 2.53. The zero-order valence-corrected chi connectivity index (χ0v) is 32.3. The average molecular weight is 745 g/mol. The summed E-state index contributed by atoms with van der Waals surface area (Å²) >= 11 is 4.98. The van der Waals surface area contributed by atoms with Gasteiger partial charge >= 0.3 is 0 Å². The fraction of sp³-hybridized carbons (Fsp3) is 0.0741. The molecule has 0 spiro atoms. The Morgan fingerprint density at radius 2 is 1.46 bits per heavy atom. The Morgan fingerprint density at radius 3 is 2.23 bits per heavy atom. The molecule has 2 bridgehead atoms. The number of thiol groups is 1. The van der Waals surface area contributed by atoms with E-state index in [9.17, 15) is 0 Å². The Kier molecular flexibility index (Phi) is 7.06. The molecule has 6 aromatic carbocycles. The molecule has 0 aliphatic heterocycles. The van der Waals surface area contributed by atoms with Gasteiger partial charge in [-0.3, -0.25) is 0 Å². The average Bonchev–Trinajstić information content (AvgIpc) is 4.00. The van der Waals surface area contributed by atoms with Crippen molar-refractivity contribution < 1.29 is 0 Å². The van der Waals surface area contributed by atoms with Gasteiger partial charge < -0.3 is 9.38 Å². The molecule has 268 valence electrons. The summed E-state index contributed by atoms with van der Waals surface area (Å²) in [5, 5.41) is 10.7. The highest BCUT2D eigenvalue weighted by Gasteiger charge is 2.34. The Balaban J connectivity index is 1.28. The van der Waals surface area contributed by atoms with E-state index < -0.39 is 0 Å². The van der Waals surface area contributed by atoms with E-state index in [0.717, 1.165) is 24.6 Å². The minimum Gasteiger partial charge on any atom is -0.354 e. The number of hydrogen-bond donors (Lipinski definition) is 2. The van der Waals surface area contributed by atoms with E-state index in [1.54, 1.807) is 0 Å². The number of aromatic amines is 1. The molecule has 0 saturated heterocycles. The van der Waals surface area contributed by atoms with Gasteiger partial charge in [-0.25, -0.2) is 0 Å². The molecule has 1 N–H and O–H groups in total. The lowest BCUT2D eigenvalue weighted by Gasteiger charge is -2.21. The van der Waals surface area contributed by atoms with Crippen molar-refractivity contribution in [3.63, 3.8) is 0 Å². The third-order valence-electron chi connectivity index (χ3n) is 12.5. The van der Waals surface area contributed by atoms with Gasteiger partial charge in [0, 0.05) is 61.0 Å². The van der Waals surface area contributed by atoms with Gasteiger partial charge in [-0.05, 0) is 124 Å². The van der Waals surface area contributed by atoms with Crippen LogP contribution in [0.5, 0.6) is 0 Å². The lowest BCUT2D eigenvalue weighted by molar-refractivity contribution is 0.983. The topological polar surface area (TPSA) is 20.2 Å². The van der Waals surface area contributed by atoms with Crippen LogP contribution in [-0.4, -0.2) is 9.38 Å². The van der Waals surface area contributed by atoms with Crippen molar-refractivity contribution in [2.24, 2.45) is 0 Å². The summed E-state index contributed by atoms with van der Waals surface area (Å²) in [5.74, 6) is 0. The molecule has 2 nitrogen and oxygen atoms in total. The molecule has 0 unspecified atom stereocenters. The maximum Gasteiger partial charge on any atom is 0.0623 e. The lowest BCUT2D eigenvalue weighted by atomic mass is 9.82. The van der Waals surface area contributed by atoms with Gasteiger partial charge in [-0.15, -0.1) is 12.6 Å². The first-order chi connectivity index (χ1) is 28.2. The smallest absolute Gasteiger partial charge is 0.0623 e. The number of rotatable bonds is 5. The Morgan fingerprint density at radius 1 is 0.702 bits per heavy atom. The first kappa shape index (κ1) is 32.5. The summed E-state index contributed by atoms with van der Waals surface area (Å²) in [7, 11) is 0. The van der Waals surface area contributed by atoms with Crippen LogP contribution in [0, 0.1) is 12.1 Å². The third-order valence-corrected chi connectivity index (χ3v) is 12.7. The number of H-pyrrole nitrogens is 1. The van der Waals surface area contributed by atoms with Crippen molar-refractivity contribution >= 4 is 78.6 Å². The fourth-order valence-corrected chi connectivity index (χ4v) is 10.4. The number of hydrogen-bond acceptors (Lipinski definition) is 1. The van der Waals surface area contributed by atoms with Crippen LogP contribution in [0.2, 0.25) is 0 Å². The summed E-state index contributed by atoms with van der Waals surface area (Å²) in [6, 6.07) is 49.5. The number of allylic oxidation sites excluding steroid dienone is 4. The fourth-order valence-electron chi connectivity index (χ4n) is 10.1. The van der Waals surface area contributed by atoms with E-state index in [2.05, 4.69) is 168 Å². The van der Waals surface area contributed by atoms with Crippen LogP contribution in [0.3, 0.4) is 0 Å². The SMILES string of the molecule is C/C=C\C=C/c1ccc2[nH]c3c(c2c1)CCC=C3c1c2c(c3c4cc(-c5ccccc5)cc5c6cc(-c7ccccc7)cc1c3n(/c6=C\S)c54)Cc1c#cccc1-2. The highest BCUT2D eigenvalue weighted by Crippen LogP contribution is 2.53. The number of aromatic nitrogens is 2. The molecule has 57 heavy (non-hydrogen) atoms. The van der Waals surface area contributed by atoms with Crippen LogP contribution >= 0.6 is 12.6 Å². The quantitative estimate of drug-likeness (QED) is 0.129. The summed E-state index contributed by atoms with van der Waals surface area (Å²) in [5.41, 5.74) is 20.1. The van der Waals surface area contributed by atoms with E-state index >= 15 is 0 Å². The highest BCUT2D eigenvalue weighted by atomic mass is 32.1. The van der Waals surface area contributed by atoms with Crippen molar-refractivity contribution in [2.45, 2.75) is 26.2 Å². The standard InChI is InChI=1S/C54H36N2S/c1-2-3-6-14-32-23-24-47-41(25-32)39-21-13-22-40(52(39)55-47)50-45-29-36(33-15-7-4-8-16-33)27-42-43-28-37(34-17-9-5-10-18-34)30-46-51(54(45)56(53(43)46)48(42)31-57)44-26-35-19-11-12-20-38(35)49(44)50/h2-10,12,14-18,20,22-25,27-31,55,57H,13,21,26H2,1H3/b3-2-,14-6-,36-29?,42-27?,48-31-. The Bertz CT molecular complexity index is 3430. The van der Waals surface area contributed by atoms with E-state index in [4.69, 9.17) is 12.6 Å². The predicted octanol–water partition coefficient (Wildman–Crippen LogP) is 13.2. The first-order valence-electron chi connectivity index (χ1n) is 19.9. The van der Waals surface area contributed by atoms with Crippen molar-refractivity contribution in [1.82, 2.24) is 9.38 Å². The monoisotopic (exact) mass is 744 g/mol. The van der Waals surface area contributed by atoms with Crippen LogP contribution in [-0.2, 0) is 12.8 Å². The molecule has 0 radical (unpaired) electrons. The largest absolute Gasteiger partial charge is 0.354 e. The predicted molar refractivity (Wildman–Crippen MR) is 244 cm³/mol. The minimum absolute atomic E-state index is 0.808. The van der Waals surface area contributed by atoms with Crippen LogP contribution in [0.4, 0.5) is 0 Å². The van der Waals surface area contributed by atoms with Gasteiger partial charge in [0.1, 0.15) is 0 Å². The van der Waals surface area contributed by atoms with Gasteiger partial charge in [0.05, 0.1) is 22.1 Å². The van der Waals surface area contributed by atoms with Crippen molar-refractivity contribution in [3.8, 4) is 33.4 Å². The molecule has 4 aromatic heterocycles. The molecule has 2 aliphatic carbocycles. The van der Waals surface area contributed by atoms with E-state index in [1.807, 2.05) is 11.5 Å². The second-order valence-corrected chi connectivity index (χ2v) is 15.8. The number of benzene rings is 5. The molecule has 0 fully saturated rings. The zero-order chi connectivity index (χ0) is 37.8. The maximum absolute atomic E-state index is 4.98. The molecule has 10 aromatic rings. The zero-order valence-electron chi connectivity index (χ0n) is 31.4. The van der Waals surface area contributed by atoms with Gasteiger partial charge in [0.15, 0.2) is 0 Å². The van der Waals surface area contributed by atoms with Gasteiger partial charge in [-0.2, -0.15) is 0 Å². The van der Waals surface area contributed by atoms with Crippen LogP contribution in [0.15, 0.2) is 140 Å². The Labute approximate surface area is 336 Å². The van der Waals surface area contributed by atoms with Gasteiger partial charge in [0.2, 0.25) is 0 Å². The number of nitrogens with one attached hydrogen (secondary N) is 1. The highest BCUT2D eigenvalue weighted by molar-refractivity contribution is 7.88. The summed E-state index contributed by atoms with van der Waals surface area (Å²) in [6.45, 7) is 2.05. The molecule has 12 rings (SSSR count). The van der Waals surface area contributed by atoms with Gasteiger partial charge in [0.25, 0.3) is 0 Å². The Hall–Kier alpha value is -6.73. The van der Waals surface area contributed by atoms with Crippen molar-refractivity contribution in [1.29, 1.82) is 0 Å². The van der Waals surface area contributed by atoms with E-state index in [1.165, 1.54) is 121 Å². The normalized spacial score (nSPS) is 14.2. The minimum atomic E-state index is 0.808. The van der Waals surface area contributed by atoms with Crippen LogP contribution in [0.25, 0.3) is 99.3 Å². The van der Waals surface area contributed by atoms with E-state index in [-0.39, 0.29) is 0 Å². The second-order valence-electron chi connectivity index (χ2n) is 15.5. The molecular weight excluding hydrogens is 709 g/mol. The number of nitrogens with zero attached hydrogens (tertiary/aromatic N) is 1. The number of aryl methyl sites for hydroxylation is 1. The molecule has 4 heterocycles. The molecular formula is C54H36N2S. The van der Waals surface area contributed by atoms with Gasteiger partial charge in [-0.1, -0.05) is 109 Å². The van der Waals surface area contributed by atoms with Crippen molar-refractivity contribution in [3.05, 3.63) is 191 Å². The number of fused-ring (bicyclic) bond motifs is 10. The summed E-state index contributed by atoms with van der Waals surface area (Å²) in [4.78, 5) is 3.97. The molecule has 2 aliphatic rings. The molecule has 3 heteroatoms. The second kappa shape index (κ2) is 12.4. The molecule has 0 amide bonds. The lowest BCUT2D eigenvalue weighted by Crippen LogP contribution is -2.09. The van der Waals surface area contributed by atoms with Crippen LogP contribution < -0.4 is 5.35 Å². The molecule has 0 saturated carbocycles. The van der Waals surface area contributed by atoms with Crippen LogP contribution in [0.1, 0.15) is 46.9 Å². The maximum atomic E-state index is 4.98. The van der Waals surface area contributed by atoms with E-state index in [0.29, 0.717) is 0 Å². The van der Waals surface area contributed by atoms with Crippen molar-refractivity contribution in [2.75, 3.05) is 0 Å². The summed E-state index contributed by atoms with van der Waals surface area (Å²) in [6.07, 6.45) is 13.7.